The standard InChI is InChI=1S/C11H14N2O3S/c1-12-5-8(14)10(15)6-2-3-7-9(4-6)17-11(16)13-7/h2-4,8,10,12,14-15H,5H2,1H3,(H,13,16). The quantitative estimate of drug-likeness (QED) is 0.628. The molecule has 4 N–H and O–H groups in total. The van der Waals surface area contributed by atoms with E-state index in [1.54, 1.807) is 25.2 Å². The maximum absolute atomic E-state index is 11.1. The van der Waals surface area contributed by atoms with Crippen LogP contribution in [-0.4, -0.2) is 34.9 Å². The van der Waals surface area contributed by atoms with E-state index in [0.29, 0.717) is 12.1 Å². The van der Waals surface area contributed by atoms with Crippen LogP contribution >= 0.6 is 11.3 Å². The Balaban J connectivity index is 2.32. The monoisotopic (exact) mass is 254 g/mol. The van der Waals surface area contributed by atoms with E-state index in [-0.39, 0.29) is 4.87 Å². The Morgan fingerprint density at radius 3 is 2.94 bits per heavy atom. The van der Waals surface area contributed by atoms with Crippen LogP contribution in [0.25, 0.3) is 10.2 Å². The van der Waals surface area contributed by atoms with Crippen molar-refractivity contribution in [3.05, 3.63) is 33.4 Å². The highest BCUT2D eigenvalue weighted by molar-refractivity contribution is 7.16. The molecule has 0 aliphatic heterocycles. The Kier molecular flexibility index (Phi) is 3.58. The third-order valence-corrected chi connectivity index (χ3v) is 3.41. The molecule has 0 bridgehead atoms. The molecule has 2 atom stereocenters. The van der Waals surface area contributed by atoms with E-state index in [1.165, 1.54) is 0 Å². The second-order valence-corrected chi connectivity index (χ2v) is 4.85. The Morgan fingerprint density at radius 1 is 1.47 bits per heavy atom. The van der Waals surface area contributed by atoms with Crippen molar-refractivity contribution >= 4 is 21.6 Å². The first kappa shape index (κ1) is 12.3. The van der Waals surface area contributed by atoms with Crippen molar-refractivity contribution in [3.63, 3.8) is 0 Å². The van der Waals surface area contributed by atoms with Gasteiger partial charge in [-0.1, -0.05) is 17.4 Å². The zero-order chi connectivity index (χ0) is 12.4. The van der Waals surface area contributed by atoms with E-state index in [1.807, 2.05) is 0 Å². The molecule has 2 aromatic rings. The second-order valence-electron chi connectivity index (χ2n) is 3.84. The minimum atomic E-state index is -0.955. The van der Waals surface area contributed by atoms with Gasteiger partial charge in [0, 0.05) is 6.54 Å². The summed E-state index contributed by atoms with van der Waals surface area (Å²) in [7, 11) is 1.71. The molecular weight excluding hydrogens is 240 g/mol. The number of thiazole rings is 1. The zero-order valence-electron chi connectivity index (χ0n) is 9.30. The lowest BCUT2D eigenvalue weighted by Gasteiger charge is -2.17. The van der Waals surface area contributed by atoms with Gasteiger partial charge < -0.3 is 20.5 Å². The van der Waals surface area contributed by atoms with E-state index < -0.39 is 12.2 Å². The molecule has 2 rings (SSSR count). The van der Waals surface area contributed by atoms with Crippen molar-refractivity contribution in [2.45, 2.75) is 12.2 Å². The molecule has 0 radical (unpaired) electrons. The highest BCUT2D eigenvalue weighted by Crippen LogP contribution is 2.22. The average Bonchev–Trinajstić information content (AvgIpc) is 2.67. The fourth-order valence-corrected chi connectivity index (χ4v) is 2.47. The van der Waals surface area contributed by atoms with Crippen LogP contribution in [0.4, 0.5) is 0 Å². The van der Waals surface area contributed by atoms with Crippen LogP contribution < -0.4 is 10.2 Å². The third kappa shape index (κ3) is 2.55. The Labute approximate surface area is 102 Å². The molecule has 5 nitrogen and oxygen atoms in total. The number of aromatic amines is 1. The number of aromatic nitrogens is 1. The SMILES string of the molecule is CNCC(O)C(O)c1ccc2[nH]c(=O)sc2c1. The Hall–Kier alpha value is -1.21. The van der Waals surface area contributed by atoms with Gasteiger partial charge in [0.05, 0.1) is 16.3 Å². The van der Waals surface area contributed by atoms with Crippen LogP contribution in [-0.2, 0) is 0 Å². The van der Waals surface area contributed by atoms with Gasteiger partial charge in [-0.05, 0) is 24.7 Å². The molecule has 0 fully saturated rings. The molecule has 0 aliphatic rings. The summed E-state index contributed by atoms with van der Waals surface area (Å²) in [5.41, 5.74) is 1.36. The minimum absolute atomic E-state index is 0.123. The van der Waals surface area contributed by atoms with E-state index >= 15 is 0 Å². The van der Waals surface area contributed by atoms with Gasteiger partial charge >= 0.3 is 4.87 Å². The third-order valence-electron chi connectivity index (χ3n) is 2.56. The van der Waals surface area contributed by atoms with Gasteiger partial charge in [0.1, 0.15) is 6.10 Å². The predicted molar refractivity (Wildman–Crippen MR) is 67.3 cm³/mol. The Bertz CT molecular complexity index is 563. The first-order valence-corrected chi connectivity index (χ1v) is 6.07. The van der Waals surface area contributed by atoms with Gasteiger partial charge in [0.15, 0.2) is 0 Å². The van der Waals surface area contributed by atoms with Crippen molar-refractivity contribution in [1.82, 2.24) is 10.3 Å². The van der Waals surface area contributed by atoms with Crippen LogP contribution in [0.5, 0.6) is 0 Å². The first-order valence-electron chi connectivity index (χ1n) is 5.25. The highest BCUT2D eigenvalue weighted by atomic mass is 32.1. The molecule has 0 saturated carbocycles. The summed E-state index contributed by atoms with van der Waals surface area (Å²) in [4.78, 5) is 13.7. The van der Waals surface area contributed by atoms with E-state index in [0.717, 1.165) is 21.6 Å². The normalized spacial score (nSPS) is 15.0. The number of H-pyrrole nitrogens is 1. The van der Waals surface area contributed by atoms with Gasteiger partial charge in [0.25, 0.3) is 0 Å². The summed E-state index contributed by atoms with van der Waals surface area (Å²) >= 11 is 1.09. The van der Waals surface area contributed by atoms with Crippen molar-refractivity contribution in [2.75, 3.05) is 13.6 Å². The maximum atomic E-state index is 11.1. The van der Waals surface area contributed by atoms with Gasteiger partial charge in [-0.2, -0.15) is 0 Å². The number of fused-ring (bicyclic) bond motifs is 1. The molecule has 2 unspecified atom stereocenters. The number of aliphatic hydroxyl groups excluding tert-OH is 2. The lowest BCUT2D eigenvalue weighted by Crippen LogP contribution is -2.29. The van der Waals surface area contributed by atoms with Crippen molar-refractivity contribution in [3.8, 4) is 0 Å². The van der Waals surface area contributed by atoms with Crippen LogP contribution in [0.1, 0.15) is 11.7 Å². The predicted octanol–water partition coefficient (Wildman–Crippen LogP) is 0.203. The van der Waals surface area contributed by atoms with Crippen molar-refractivity contribution < 1.29 is 10.2 Å². The molecule has 0 amide bonds. The fraction of sp³-hybridized carbons (Fsp3) is 0.364. The molecule has 17 heavy (non-hydrogen) atoms. The van der Waals surface area contributed by atoms with Crippen LogP contribution in [0.15, 0.2) is 23.0 Å². The van der Waals surface area contributed by atoms with Gasteiger partial charge in [-0.3, -0.25) is 4.79 Å². The van der Waals surface area contributed by atoms with Gasteiger partial charge in [-0.25, -0.2) is 0 Å². The first-order chi connectivity index (χ1) is 8.11. The molecule has 1 aromatic carbocycles. The average molecular weight is 254 g/mol. The molecule has 92 valence electrons. The number of nitrogens with one attached hydrogen (secondary N) is 2. The number of benzene rings is 1. The molecular formula is C11H14N2O3S. The van der Waals surface area contributed by atoms with E-state index in [9.17, 15) is 15.0 Å². The number of aliphatic hydroxyl groups is 2. The number of hydrogen-bond acceptors (Lipinski definition) is 5. The highest BCUT2D eigenvalue weighted by Gasteiger charge is 2.18. The van der Waals surface area contributed by atoms with Crippen LogP contribution in [0, 0.1) is 0 Å². The van der Waals surface area contributed by atoms with Gasteiger partial charge in [0.2, 0.25) is 0 Å². The van der Waals surface area contributed by atoms with Crippen molar-refractivity contribution in [1.29, 1.82) is 0 Å². The molecule has 0 saturated heterocycles. The fourth-order valence-electron chi connectivity index (χ4n) is 1.69. The largest absolute Gasteiger partial charge is 0.389 e. The van der Waals surface area contributed by atoms with Crippen LogP contribution in [0.2, 0.25) is 0 Å². The summed E-state index contributed by atoms with van der Waals surface area (Å²) in [6.45, 7) is 0.308. The van der Waals surface area contributed by atoms with Crippen LogP contribution in [0.3, 0.4) is 0 Å². The summed E-state index contributed by atoms with van der Waals surface area (Å²) < 4.78 is 0.781. The summed E-state index contributed by atoms with van der Waals surface area (Å²) in [6.07, 6.45) is -1.82. The second kappa shape index (κ2) is 4.97. The molecule has 0 aliphatic carbocycles. The lowest BCUT2D eigenvalue weighted by atomic mass is 10.0. The minimum Gasteiger partial charge on any atom is -0.389 e. The lowest BCUT2D eigenvalue weighted by molar-refractivity contribution is 0.0203. The number of rotatable bonds is 4. The summed E-state index contributed by atoms with van der Waals surface area (Å²) in [5, 5.41) is 22.4. The van der Waals surface area contributed by atoms with E-state index in [4.69, 9.17) is 0 Å². The summed E-state index contributed by atoms with van der Waals surface area (Å²) in [5.74, 6) is 0. The number of likely N-dealkylation sites (N-methyl/N-ethyl adjacent to an activating group) is 1. The molecule has 1 aromatic heterocycles. The zero-order valence-corrected chi connectivity index (χ0v) is 10.1. The molecule has 0 spiro atoms. The van der Waals surface area contributed by atoms with Gasteiger partial charge in [-0.15, -0.1) is 0 Å². The summed E-state index contributed by atoms with van der Waals surface area (Å²) in [6, 6.07) is 5.16. The molecule has 1 heterocycles. The number of hydrogen-bond donors (Lipinski definition) is 4. The smallest absolute Gasteiger partial charge is 0.305 e. The topological polar surface area (TPSA) is 85.3 Å². The maximum Gasteiger partial charge on any atom is 0.305 e. The Morgan fingerprint density at radius 2 is 2.24 bits per heavy atom. The van der Waals surface area contributed by atoms with Crippen molar-refractivity contribution in [2.24, 2.45) is 0 Å². The molecule has 6 heteroatoms. The van der Waals surface area contributed by atoms with E-state index in [2.05, 4.69) is 10.3 Å².